The van der Waals surface area contributed by atoms with Gasteiger partial charge in [0.25, 0.3) is 5.91 Å². The Balaban J connectivity index is 1.81. The van der Waals surface area contributed by atoms with Crippen LogP contribution < -0.4 is 10.1 Å². The predicted molar refractivity (Wildman–Crippen MR) is 117 cm³/mol. The zero-order valence-corrected chi connectivity index (χ0v) is 17.9. The average molecular weight is 466 g/mol. The number of ether oxygens (including phenoxy) is 1. The van der Waals surface area contributed by atoms with E-state index in [1.165, 1.54) is 54.5 Å². The van der Waals surface area contributed by atoms with Crippen LogP contribution in [-0.2, 0) is 6.54 Å². The molecule has 1 aliphatic heterocycles. The summed E-state index contributed by atoms with van der Waals surface area (Å²) in [6, 6.07) is 7.77. The molecule has 1 fully saturated rings. The van der Waals surface area contributed by atoms with Crippen molar-refractivity contribution in [3.8, 4) is 11.5 Å². The van der Waals surface area contributed by atoms with Crippen molar-refractivity contribution in [1.82, 2.24) is 20.1 Å². The summed E-state index contributed by atoms with van der Waals surface area (Å²) < 4.78 is 18.7. The highest BCUT2D eigenvalue weighted by Crippen LogP contribution is 2.39. The summed E-state index contributed by atoms with van der Waals surface area (Å²) in [7, 11) is 1.43. The lowest BCUT2D eigenvalue weighted by atomic mass is 10.00. The lowest BCUT2D eigenvalue weighted by Gasteiger charge is -2.22. The van der Waals surface area contributed by atoms with E-state index in [4.69, 9.17) is 4.74 Å². The third-order valence-electron chi connectivity index (χ3n) is 5.31. The molecule has 0 aliphatic carbocycles. The topological polar surface area (TPSA) is 129 Å². The molecule has 1 aromatic heterocycles. The number of urea groups is 1. The van der Waals surface area contributed by atoms with Crippen molar-refractivity contribution < 1.29 is 33.4 Å². The number of halogens is 1. The van der Waals surface area contributed by atoms with Crippen LogP contribution in [0.25, 0.3) is 10.9 Å². The van der Waals surface area contributed by atoms with Gasteiger partial charge in [-0.25, -0.2) is 18.9 Å². The quantitative estimate of drug-likeness (QED) is 0.553. The fraction of sp³-hybridized carbons (Fsp3) is 0.174. The number of aldehydes is 1. The molecule has 4 rings (SSSR count). The van der Waals surface area contributed by atoms with E-state index in [2.05, 4.69) is 10.3 Å². The van der Waals surface area contributed by atoms with Gasteiger partial charge in [-0.3, -0.25) is 14.6 Å². The van der Waals surface area contributed by atoms with E-state index in [0.717, 1.165) is 4.90 Å². The standard InChI is InChI=1S/C23H19FN4O6/c1-27(11-13-4-6-14(24)7-5-13)21(31)17-16(12-29)19(30)18-15(3-2-8-25-18)20(17)34-23(33)28-10-9-26-22(28)32/h2-8,12,30H,9-11H2,1H3,(H,26,32). The molecule has 34 heavy (non-hydrogen) atoms. The number of benzene rings is 2. The molecule has 174 valence electrons. The number of rotatable bonds is 5. The van der Waals surface area contributed by atoms with Crippen LogP contribution in [0.15, 0.2) is 42.6 Å². The second-order valence-electron chi connectivity index (χ2n) is 7.52. The van der Waals surface area contributed by atoms with Crippen LogP contribution in [0.3, 0.4) is 0 Å². The maximum atomic E-state index is 13.5. The summed E-state index contributed by atoms with van der Waals surface area (Å²) in [6.07, 6.45) is 0.568. The number of amides is 4. The number of pyridine rings is 1. The normalized spacial score (nSPS) is 13.0. The zero-order valence-electron chi connectivity index (χ0n) is 17.9. The Morgan fingerprint density at radius 3 is 2.68 bits per heavy atom. The number of nitrogens with zero attached hydrogens (tertiary/aromatic N) is 3. The number of aromatic nitrogens is 1. The van der Waals surface area contributed by atoms with Crippen LogP contribution in [0.1, 0.15) is 26.3 Å². The number of phenols is 1. The van der Waals surface area contributed by atoms with Crippen molar-refractivity contribution in [3.05, 3.63) is 65.1 Å². The molecule has 2 N–H and O–H groups in total. The summed E-state index contributed by atoms with van der Waals surface area (Å²) in [5, 5.41) is 13.2. The Kier molecular flexibility index (Phi) is 6.09. The van der Waals surface area contributed by atoms with E-state index in [1.54, 1.807) is 0 Å². The number of phenolic OH excluding ortho intramolecular Hbond substituents is 1. The van der Waals surface area contributed by atoms with Crippen LogP contribution in [0.4, 0.5) is 14.0 Å². The minimum atomic E-state index is -1.06. The van der Waals surface area contributed by atoms with Gasteiger partial charge in [-0.05, 0) is 29.8 Å². The second kappa shape index (κ2) is 9.14. The van der Waals surface area contributed by atoms with Crippen LogP contribution in [0.5, 0.6) is 11.5 Å². The Hall–Kier alpha value is -4.54. The highest BCUT2D eigenvalue weighted by atomic mass is 19.1. The number of carbonyl (C=O) groups is 4. The van der Waals surface area contributed by atoms with E-state index in [0.29, 0.717) is 5.56 Å². The van der Waals surface area contributed by atoms with Crippen molar-refractivity contribution in [2.24, 2.45) is 0 Å². The highest BCUT2D eigenvalue weighted by molar-refractivity contribution is 6.13. The Morgan fingerprint density at radius 1 is 1.29 bits per heavy atom. The molecule has 0 bridgehead atoms. The molecule has 0 unspecified atom stereocenters. The van der Waals surface area contributed by atoms with Crippen molar-refractivity contribution in [2.75, 3.05) is 20.1 Å². The van der Waals surface area contributed by atoms with Gasteiger partial charge in [0.2, 0.25) is 0 Å². The fourth-order valence-electron chi connectivity index (χ4n) is 3.63. The molecule has 1 saturated heterocycles. The third-order valence-corrected chi connectivity index (χ3v) is 5.31. The van der Waals surface area contributed by atoms with E-state index < -0.39 is 35.2 Å². The molecule has 4 amide bonds. The fourth-order valence-corrected chi connectivity index (χ4v) is 3.63. The highest BCUT2D eigenvalue weighted by Gasteiger charge is 2.33. The van der Waals surface area contributed by atoms with Crippen molar-refractivity contribution in [2.45, 2.75) is 6.54 Å². The van der Waals surface area contributed by atoms with Gasteiger partial charge in [-0.15, -0.1) is 0 Å². The average Bonchev–Trinajstić information content (AvgIpc) is 3.27. The van der Waals surface area contributed by atoms with Gasteiger partial charge in [0.15, 0.2) is 17.8 Å². The molecule has 3 aromatic rings. The van der Waals surface area contributed by atoms with Gasteiger partial charge in [0, 0.05) is 31.7 Å². The molecular weight excluding hydrogens is 447 g/mol. The van der Waals surface area contributed by atoms with Gasteiger partial charge in [0.1, 0.15) is 11.3 Å². The Morgan fingerprint density at radius 2 is 2.03 bits per heavy atom. The lowest BCUT2D eigenvalue weighted by Crippen LogP contribution is -2.37. The molecule has 0 radical (unpaired) electrons. The number of imide groups is 1. The number of carbonyl (C=O) groups excluding carboxylic acids is 4. The first kappa shape index (κ1) is 22.6. The van der Waals surface area contributed by atoms with Crippen molar-refractivity contribution >= 4 is 35.2 Å². The summed E-state index contributed by atoms with van der Waals surface area (Å²) in [4.78, 5) is 56.1. The lowest BCUT2D eigenvalue weighted by molar-refractivity contribution is 0.0778. The minimum absolute atomic E-state index is 0.0329. The van der Waals surface area contributed by atoms with Crippen LogP contribution in [0.2, 0.25) is 0 Å². The number of fused-ring (bicyclic) bond motifs is 1. The number of hydrogen-bond donors (Lipinski definition) is 2. The third kappa shape index (κ3) is 4.10. The first-order chi connectivity index (χ1) is 16.3. The first-order valence-electron chi connectivity index (χ1n) is 10.2. The summed E-state index contributed by atoms with van der Waals surface area (Å²) in [6.45, 7) is 0.322. The van der Waals surface area contributed by atoms with Crippen LogP contribution in [0, 0.1) is 5.82 Å². The second-order valence-corrected chi connectivity index (χ2v) is 7.52. The maximum absolute atomic E-state index is 13.5. The van der Waals surface area contributed by atoms with E-state index in [-0.39, 0.29) is 48.1 Å². The summed E-state index contributed by atoms with van der Waals surface area (Å²) >= 11 is 0. The molecule has 1 aliphatic rings. The van der Waals surface area contributed by atoms with E-state index >= 15 is 0 Å². The van der Waals surface area contributed by atoms with Crippen molar-refractivity contribution in [1.29, 1.82) is 0 Å². The smallest absolute Gasteiger partial charge is 0.423 e. The van der Waals surface area contributed by atoms with Crippen molar-refractivity contribution in [3.63, 3.8) is 0 Å². The Bertz CT molecular complexity index is 1310. The number of nitrogens with one attached hydrogen (secondary N) is 1. The number of hydrogen-bond acceptors (Lipinski definition) is 7. The first-order valence-corrected chi connectivity index (χ1v) is 10.2. The largest absolute Gasteiger partial charge is 0.505 e. The number of aromatic hydroxyl groups is 1. The minimum Gasteiger partial charge on any atom is -0.505 e. The Labute approximate surface area is 192 Å². The monoisotopic (exact) mass is 466 g/mol. The molecular formula is C23H19FN4O6. The van der Waals surface area contributed by atoms with Crippen LogP contribution in [-0.4, -0.2) is 64.3 Å². The van der Waals surface area contributed by atoms with Gasteiger partial charge in [-0.1, -0.05) is 12.1 Å². The molecule has 10 nitrogen and oxygen atoms in total. The molecule has 2 aromatic carbocycles. The van der Waals surface area contributed by atoms with Crippen LogP contribution >= 0.6 is 0 Å². The predicted octanol–water partition coefficient (Wildman–Crippen LogP) is 2.69. The molecule has 0 atom stereocenters. The van der Waals surface area contributed by atoms with Gasteiger partial charge >= 0.3 is 12.1 Å². The van der Waals surface area contributed by atoms with Gasteiger partial charge in [-0.2, -0.15) is 0 Å². The molecule has 2 heterocycles. The van der Waals surface area contributed by atoms with E-state index in [1.807, 2.05) is 0 Å². The SMILES string of the molecule is CN(Cc1ccc(F)cc1)C(=O)c1c(C=O)c(O)c2ncccc2c1OC(=O)N1CCNC1=O. The maximum Gasteiger partial charge on any atom is 0.423 e. The van der Waals surface area contributed by atoms with Gasteiger partial charge in [0.05, 0.1) is 17.7 Å². The van der Waals surface area contributed by atoms with E-state index in [9.17, 15) is 28.7 Å². The molecule has 0 saturated carbocycles. The summed E-state index contributed by atoms with van der Waals surface area (Å²) in [5.41, 5.74) is -0.249. The zero-order chi connectivity index (χ0) is 24.4. The molecule has 0 spiro atoms. The summed E-state index contributed by atoms with van der Waals surface area (Å²) in [5.74, 6) is -2.05. The molecule has 11 heteroatoms. The van der Waals surface area contributed by atoms with Gasteiger partial charge < -0.3 is 20.1 Å².